The van der Waals surface area contributed by atoms with Crippen molar-refractivity contribution in [2.75, 3.05) is 7.11 Å². The average Bonchev–Trinajstić information content (AvgIpc) is 2.59. The summed E-state index contributed by atoms with van der Waals surface area (Å²) in [6, 6.07) is 10.3. The van der Waals surface area contributed by atoms with Crippen LogP contribution in [0.5, 0.6) is 17.2 Å². The number of halogens is 1. The minimum Gasteiger partial charge on any atom is -0.496 e. The number of rotatable bonds is 9. The molecule has 0 aromatic heterocycles. The molecule has 2 rings (SSSR count). The van der Waals surface area contributed by atoms with Crippen molar-refractivity contribution in [3.8, 4) is 17.2 Å². The van der Waals surface area contributed by atoms with Crippen LogP contribution in [0.25, 0.3) is 0 Å². The van der Waals surface area contributed by atoms with Crippen LogP contribution in [0.4, 0.5) is 4.39 Å². The fraction of sp³-hybridized carbons (Fsp3) is 0.294. The number of benzene rings is 2. The SMILES string of the molecule is COc1ccc(Oc2ccc(F)cc2)cc1CCCC(P(=O)(O)O)S(=O)(=O)O.[K].[K].[K]. The van der Waals surface area contributed by atoms with Crippen molar-refractivity contribution >= 4 is 172 Å². The average molecular weight is 552 g/mol. The van der Waals surface area contributed by atoms with Gasteiger partial charge in [-0.05, 0) is 67.3 Å². The van der Waals surface area contributed by atoms with Crippen molar-refractivity contribution in [1.82, 2.24) is 0 Å². The molecule has 0 aliphatic heterocycles. The fourth-order valence-corrected chi connectivity index (χ4v) is 4.98. The maximum atomic E-state index is 13.0. The maximum Gasteiger partial charge on any atom is 0.346 e. The number of ether oxygens (including phenoxy) is 2. The third-order valence-electron chi connectivity index (χ3n) is 3.92. The van der Waals surface area contributed by atoms with E-state index in [1.54, 1.807) is 18.2 Å². The molecule has 0 spiro atoms. The topological polar surface area (TPSA) is 130 Å². The molecular formula is C17H20FK3O8PS. The smallest absolute Gasteiger partial charge is 0.346 e. The van der Waals surface area contributed by atoms with Crippen LogP contribution >= 0.6 is 7.60 Å². The number of methoxy groups -OCH3 is 1. The second-order valence-electron chi connectivity index (χ2n) is 5.98. The Morgan fingerprint density at radius 3 is 2.06 bits per heavy atom. The van der Waals surface area contributed by atoms with Crippen molar-refractivity contribution in [3.05, 3.63) is 53.8 Å². The zero-order chi connectivity index (χ0) is 20.9. The molecule has 14 heteroatoms. The molecule has 3 N–H and O–H groups in total. The molecule has 1 atom stereocenters. The van der Waals surface area contributed by atoms with Gasteiger partial charge >= 0.3 is 7.60 Å². The van der Waals surface area contributed by atoms with Gasteiger partial charge in [-0.1, -0.05) is 0 Å². The standard InChI is InChI=1S/C17H20FO8PS.3K/c1-25-16-10-9-15(26-14-7-5-13(18)6-8-14)11-12(16)3-2-4-17(27(19,20)21)28(22,23)24;;;/h5-11,17H,2-4H2,1H3,(H2,19,20,21)(H,22,23,24);;;. The number of hydrogen-bond donors (Lipinski definition) is 3. The predicted octanol–water partition coefficient (Wildman–Crippen LogP) is 2.20. The second kappa shape index (κ2) is 16.6. The Balaban J connectivity index is 0. The Morgan fingerprint density at radius 1 is 1.03 bits per heavy atom. The van der Waals surface area contributed by atoms with Gasteiger partial charge in [0.1, 0.15) is 23.1 Å². The number of aryl methyl sites for hydroxylation is 1. The molecule has 1 unspecified atom stereocenters. The van der Waals surface area contributed by atoms with Gasteiger partial charge in [-0.2, -0.15) is 8.42 Å². The Bertz CT molecular complexity index is 970. The van der Waals surface area contributed by atoms with Gasteiger partial charge in [0.2, 0.25) is 0 Å². The normalized spacial score (nSPS) is 11.9. The van der Waals surface area contributed by atoms with E-state index in [0.29, 0.717) is 22.8 Å². The third kappa shape index (κ3) is 12.6. The van der Waals surface area contributed by atoms with Gasteiger partial charge < -0.3 is 19.3 Å². The van der Waals surface area contributed by atoms with Crippen LogP contribution in [0, 0.1) is 5.82 Å². The molecule has 0 aliphatic carbocycles. The summed E-state index contributed by atoms with van der Waals surface area (Å²) < 4.78 is 66.6. The van der Waals surface area contributed by atoms with E-state index in [2.05, 4.69) is 0 Å². The van der Waals surface area contributed by atoms with E-state index in [9.17, 15) is 17.4 Å². The summed E-state index contributed by atoms with van der Waals surface area (Å²) in [5, 5.41) is 0. The van der Waals surface area contributed by atoms with Crippen LogP contribution in [0.2, 0.25) is 0 Å². The van der Waals surface area contributed by atoms with Crippen molar-refractivity contribution in [2.45, 2.75) is 24.3 Å². The first-order valence-electron chi connectivity index (χ1n) is 8.12. The van der Waals surface area contributed by atoms with Crippen LogP contribution in [0.1, 0.15) is 18.4 Å². The minimum atomic E-state index is -5.02. The van der Waals surface area contributed by atoms with Crippen LogP contribution in [-0.2, 0) is 21.1 Å². The van der Waals surface area contributed by atoms with Gasteiger partial charge in [0.15, 0.2) is 4.99 Å². The summed E-state index contributed by atoms with van der Waals surface area (Å²) in [5.41, 5.74) is 0.613. The van der Waals surface area contributed by atoms with Gasteiger partial charge in [-0.3, -0.25) is 9.12 Å². The van der Waals surface area contributed by atoms with E-state index < -0.39 is 34.9 Å². The fourth-order valence-electron chi connectivity index (χ4n) is 2.61. The molecule has 2 aromatic rings. The van der Waals surface area contributed by atoms with Crippen LogP contribution in [0.15, 0.2) is 42.5 Å². The Hall–Kier alpha value is 2.94. The monoisotopic (exact) mass is 551 g/mol. The molecule has 0 aliphatic rings. The quantitative estimate of drug-likeness (QED) is 0.246. The van der Waals surface area contributed by atoms with Crippen LogP contribution < -0.4 is 9.47 Å². The Kier molecular flexibility index (Phi) is 19.4. The van der Waals surface area contributed by atoms with Gasteiger partial charge in [0, 0.05) is 154 Å². The number of hydrogen-bond acceptors (Lipinski definition) is 5. The first kappa shape index (κ1) is 36.1. The summed E-state index contributed by atoms with van der Waals surface area (Å²) >= 11 is 0. The first-order valence-corrected chi connectivity index (χ1v) is 11.3. The zero-order valence-corrected chi connectivity index (χ0v) is 28.9. The molecule has 157 valence electrons. The second-order valence-corrected chi connectivity index (χ2v) is 9.73. The predicted molar refractivity (Wildman–Crippen MR) is 117 cm³/mol. The van der Waals surface area contributed by atoms with Crippen LogP contribution in [-0.4, -0.2) is 189 Å². The molecule has 0 saturated carbocycles. The summed E-state index contributed by atoms with van der Waals surface area (Å²) in [6.07, 6.45) is -0.156. The molecule has 0 fully saturated rings. The molecule has 3 radical (unpaired) electrons. The Morgan fingerprint density at radius 2 is 1.58 bits per heavy atom. The van der Waals surface area contributed by atoms with Gasteiger partial charge in [-0.25, -0.2) is 4.39 Å². The minimum absolute atomic E-state index is 0. The molecule has 0 bridgehead atoms. The van der Waals surface area contributed by atoms with Crippen molar-refractivity contribution in [1.29, 1.82) is 0 Å². The van der Waals surface area contributed by atoms with E-state index in [0.717, 1.165) is 0 Å². The summed E-state index contributed by atoms with van der Waals surface area (Å²) in [4.78, 5) is 16.1. The van der Waals surface area contributed by atoms with Crippen molar-refractivity contribution in [3.63, 3.8) is 0 Å². The van der Waals surface area contributed by atoms with Crippen molar-refractivity contribution in [2.24, 2.45) is 0 Å². The van der Waals surface area contributed by atoms with E-state index >= 15 is 0 Å². The summed E-state index contributed by atoms with van der Waals surface area (Å²) in [7, 11) is -8.48. The molecule has 2 aromatic carbocycles. The molecule has 8 nitrogen and oxygen atoms in total. The molecule has 0 amide bonds. The largest absolute Gasteiger partial charge is 0.496 e. The van der Waals surface area contributed by atoms with E-state index in [4.69, 9.17) is 23.8 Å². The van der Waals surface area contributed by atoms with Crippen LogP contribution in [0.3, 0.4) is 0 Å². The van der Waals surface area contributed by atoms with E-state index in [1.165, 1.54) is 31.4 Å². The van der Waals surface area contributed by atoms with E-state index in [1.807, 2.05) is 0 Å². The zero-order valence-electron chi connectivity index (χ0n) is 17.9. The van der Waals surface area contributed by atoms with Gasteiger partial charge in [-0.15, -0.1) is 0 Å². The first-order chi connectivity index (χ1) is 13.0. The molecular weight excluding hydrogens is 532 g/mol. The van der Waals surface area contributed by atoms with E-state index in [-0.39, 0.29) is 167 Å². The summed E-state index contributed by atoms with van der Waals surface area (Å²) in [6.45, 7) is 0. The molecule has 0 heterocycles. The molecule has 0 saturated heterocycles. The third-order valence-corrected chi connectivity index (χ3v) is 7.47. The summed E-state index contributed by atoms with van der Waals surface area (Å²) in [5.74, 6) is 0.904. The van der Waals surface area contributed by atoms with Gasteiger partial charge in [0.25, 0.3) is 10.1 Å². The molecule has 31 heavy (non-hydrogen) atoms. The van der Waals surface area contributed by atoms with Crippen molar-refractivity contribution < 1.29 is 41.2 Å². The maximum absolute atomic E-state index is 13.0. The van der Waals surface area contributed by atoms with Gasteiger partial charge in [0.05, 0.1) is 7.11 Å². The Labute approximate surface area is 308 Å².